The Bertz CT molecular complexity index is 644. The van der Waals surface area contributed by atoms with Crippen LogP contribution in [0.25, 0.3) is 0 Å². The first-order valence-corrected chi connectivity index (χ1v) is 9.83. The first kappa shape index (κ1) is 19.9. The number of benzene rings is 1. The minimum Gasteiger partial charge on any atom is -0.490 e. The Labute approximate surface area is 160 Å². The van der Waals surface area contributed by atoms with Gasteiger partial charge in [-0.1, -0.05) is 0 Å². The van der Waals surface area contributed by atoms with Crippen molar-refractivity contribution in [1.82, 2.24) is 4.90 Å². The molecule has 0 bridgehead atoms. The Hall–Kier alpha value is -1.82. The van der Waals surface area contributed by atoms with Gasteiger partial charge < -0.3 is 19.1 Å². The number of amides is 1. The second-order valence-electron chi connectivity index (χ2n) is 8.35. The van der Waals surface area contributed by atoms with Crippen LogP contribution in [0.5, 0.6) is 5.75 Å². The maximum atomic E-state index is 13.9. The molecule has 0 spiro atoms. The number of carbonyl (C=O) groups excluding carboxylic acids is 1. The summed E-state index contributed by atoms with van der Waals surface area (Å²) < 4.78 is 30.9. The molecule has 5 nitrogen and oxygen atoms in total. The third-order valence-corrected chi connectivity index (χ3v) is 5.02. The molecule has 0 atom stereocenters. The quantitative estimate of drug-likeness (QED) is 0.776. The second kappa shape index (κ2) is 8.46. The molecule has 0 unspecified atom stereocenters. The van der Waals surface area contributed by atoms with Crippen molar-refractivity contribution < 1.29 is 23.4 Å². The van der Waals surface area contributed by atoms with Crippen molar-refractivity contribution in [2.45, 2.75) is 64.1 Å². The summed E-state index contributed by atoms with van der Waals surface area (Å²) in [6.45, 7) is 8.21. The van der Waals surface area contributed by atoms with Crippen LogP contribution in [0.1, 0.15) is 57.9 Å². The van der Waals surface area contributed by atoms with Gasteiger partial charge in [0, 0.05) is 31.5 Å². The van der Waals surface area contributed by atoms with Gasteiger partial charge in [-0.15, -0.1) is 0 Å². The Morgan fingerprint density at radius 2 is 1.81 bits per heavy atom. The number of halogens is 1. The number of likely N-dealkylation sites (tertiary alicyclic amines) is 1. The maximum Gasteiger partial charge on any atom is 0.410 e. The van der Waals surface area contributed by atoms with Crippen LogP contribution in [-0.4, -0.2) is 49.0 Å². The van der Waals surface area contributed by atoms with E-state index in [4.69, 9.17) is 14.2 Å². The Balaban J connectivity index is 1.64. The van der Waals surface area contributed by atoms with Gasteiger partial charge in [0.05, 0.1) is 13.2 Å². The molecule has 0 N–H and O–H groups in total. The average Bonchev–Trinajstić information content (AvgIpc) is 2.63. The van der Waals surface area contributed by atoms with Crippen molar-refractivity contribution in [3.8, 4) is 5.75 Å². The SMILES string of the molecule is CC(C)(C)OC(=O)N1CCC(c2cc(F)ccc2OC2CCOCC2)CC1. The van der Waals surface area contributed by atoms with E-state index in [0.717, 1.165) is 37.0 Å². The summed E-state index contributed by atoms with van der Waals surface area (Å²) in [5.41, 5.74) is 0.409. The van der Waals surface area contributed by atoms with Gasteiger partial charge in [0.1, 0.15) is 23.3 Å². The fraction of sp³-hybridized carbons (Fsp3) is 0.667. The average molecular weight is 379 g/mol. The Morgan fingerprint density at radius 1 is 1.15 bits per heavy atom. The lowest BCUT2D eigenvalue weighted by Crippen LogP contribution is -2.41. The minimum absolute atomic E-state index is 0.116. The monoisotopic (exact) mass is 379 g/mol. The summed E-state index contributed by atoms with van der Waals surface area (Å²) in [5, 5.41) is 0. The molecule has 0 aromatic heterocycles. The molecule has 1 aromatic rings. The zero-order valence-electron chi connectivity index (χ0n) is 16.5. The van der Waals surface area contributed by atoms with Crippen LogP contribution in [0.3, 0.4) is 0 Å². The van der Waals surface area contributed by atoms with Gasteiger partial charge in [0.25, 0.3) is 0 Å². The zero-order chi connectivity index (χ0) is 19.4. The number of ether oxygens (including phenoxy) is 3. The molecule has 2 saturated heterocycles. The lowest BCUT2D eigenvalue weighted by Gasteiger charge is -2.34. The molecule has 2 heterocycles. The summed E-state index contributed by atoms with van der Waals surface area (Å²) in [7, 11) is 0. The third kappa shape index (κ3) is 5.58. The van der Waals surface area contributed by atoms with Crippen LogP contribution in [0.2, 0.25) is 0 Å². The van der Waals surface area contributed by atoms with Crippen molar-refractivity contribution >= 4 is 6.09 Å². The van der Waals surface area contributed by atoms with E-state index in [2.05, 4.69) is 0 Å². The molecule has 27 heavy (non-hydrogen) atoms. The van der Waals surface area contributed by atoms with Gasteiger partial charge in [0.15, 0.2) is 0 Å². The summed E-state index contributed by atoms with van der Waals surface area (Å²) in [4.78, 5) is 14.0. The van der Waals surface area contributed by atoms with E-state index in [-0.39, 0.29) is 23.9 Å². The van der Waals surface area contributed by atoms with Gasteiger partial charge in [0.2, 0.25) is 0 Å². The maximum absolute atomic E-state index is 13.9. The van der Waals surface area contributed by atoms with Gasteiger partial charge >= 0.3 is 6.09 Å². The fourth-order valence-corrected chi connectivity index (χ4v) is 3.62. The van der Waals surface area contributed by atoms with Crippen molar-refractivity contribution in [2.75, 3.05) is 26.3 Å². The molecule has 2 fully saturated rings. The number of hydrogen-bond donors (Lipinski definition) is 0. The molecule has 0 radical (unpaired) electrons. The van der Waals surface area contributed by atoms with Crippen molar-refractivity contribution in [1.29, 1.82) is 0 Å². The van der Waals surface area contributed by atoms with Gasteiger partial charge in [-0.2, -0.15) is 0 Å². The molecule has 1 amide bonds. The second-order valence-corrected chi connectivity index (χ2v) is 8.35. The predicted molar refractivity (Wildman–Crippen MR) is 101 cm³/mol. The molecule has 1 aromatic carbocycles. The van der Waals surface area contributed by atoms with Gasteiger partial charge in [-0.25, -0.2) is 9.18 Å². The van der Waals surface area contributed by atoms with E-state index < -0.39 is 5.60 Å². The minimum atomic E-state index is -0.499. The first-order chi connectivity index (χ1) is 12.8. The summed E-state index contributed by atoms with van der Waals surface area (Å²) in [5.74, 6) is 0.687. The lowest BCUT2D eigenvalue weighted by atomic mass is 9.88. The summed E-state index contributed by atoms with van der Waals surface area (Å²) >= 11 is 0. The number of hydrogen-bond acceptors (Lipinski definition) is 4. The van der Waals surface area contributed by atoms with E-state index in [0.29, 0.717) is 26.3 Å². The first-order valence-electron chi connectivity index (χ1n) is 9.83. The highest BCUT2D eigenvalue weighted by Gasteiger charge is 2.29. The smallest absolute Gasteiger partial charge is 0.410 e. The zero-order valence-corrected chi connectivity index (χ0v) is 16.5. The van der Waals surface area contributed by atoms with Crippen LogP contribution in [0.4, 0.5) is 9.18 Å². The molecular formula is C21H30FNO4. The molecule has 2 aliphatic rings. The lowest BCUT2D eigenvalue weighted by molar-refractivity contribution is 0.0199. The van der Waals surface area contributed by atoms with E-state index in [1.165, 1.54) is 6.07 Å². The number of nitrogens with zero attached hydrogens (tertiary/aromatic N) is 1. The Kier molecular flexibility index (Phi) is 6.25. The van der Waals surface area contributed by atoms with Gasteiger partial charge in [-0.3, -0.25) is 0 Å². The third-order valence-electron chi connectivity index (χ3n) is 5.02. The fourth-order valence-electron chi connectivity index (χ4n) is 3.62. The highest BCUT2D eigenvalue weighted by Crippen LogP contribution is 2.36. The van der Waals surface area contributed by atoms with Crippen molar-refractivity contribution in [3.05, 3.63) is 29.6 Å². The topological polar surface area (TPSA) is 48.0 Å². The predicted octanol–water partition coefficient (Wildman–Crippen LogP) is 4.50. The van der Waals surface area contributed by atoms with E-state index in [1.807, 2.05) is 20.8 Å². The van der Waals surface area contributed by atoms with E-state index >= 15 is 0 Å². The summed E-state index contributed by atoms with van der Waals surface area (Å²) in [6, 6.07) is 4.77. The number of carbonyl (C=O) groups is 1. The van der Waals surface area contributed by atoms with Gasteiger partial charge in [-0.05, 0) is 57.7 Å². The van der Waals surface area contributed by atoms with Crippen molar-refractivity contribution in [2.24, 2.45) is 0 Å². The van der Waals surface area contributed by atoms with Crippen LogP contribution in [0.15, 0.2) is 18.2 Å². The molecule has 6 heteroatoms. The van der Waals surface area contributed by atoms with Crippen LogP contribution in [0, 0.1) is 5.82 Å². The molecule has 150 valence electrons. The van der Waals surface area contributed by atoms with Crippen molar-refractivity contribution in [3.63, 3.8) is 0 Å². The van der Waals surface area contributed by atoms with E-state index in [1.54, 1.807) is 17.0 Å². The number of rotatable bonds is 3. The van der Waals surface area contributed by atoms with Crippen LogP contribution in [-0.2, 0) is 9.47 Å². The highest BCUT2D eigenvalue weighted by molar-refractivity contribution is 5.68. The molecular weight excluding hydrogens is 349 g/mol. The summed E-state index contributed by atoms with van der Waals surface area (Å²) in [6.07, 6.45) is 3.09. The Morgan fingerprint density at radius 3 is 2.44 bits per heavy atom. The van der Waals surface area contributed by atoms with Crippen LogP contribution >= 0.6 is 0 Å². The molecule has 2 aliphatic heterocycles. The normalized spacial score (nSPS) is 19.8. The number of piperidine rings is 1. The standard InChI is InChI=1S/C21H30FNO4/c1-21(2,3)27-20(24)23-10-6-15(7-11-23)18-14-16(22)4-5-19(18)26-17-8-12-25-13-9-17/h4-5,14-15,17H,6-13H2,1-3H3. The van der Waals surface area contributed by atoms with Crippen LogP contribution < -0.4 is 4.74 Å². The largest absolute Gasteiger partial charge is 0.490 e. The highest BCUT2D eigenvalue weighted by atomic mass is 19.1. The molecule has 0 aliphatic carbocycles. The molecule has 3 rings (SSSR count). The molecule has 0 saturated carbocycles. The van der Waals surface area contributed by atoms with E-state index in [9.17, 15) is 9.18 Å².